The number of carboxylic acid groups (broad SMARTS) is 2. The third-order valence-electron chi connectivity index (χ3n) is 5.35. The van der Waals surface area contributed by atoms with Gasteiger partial charge in [-0.05, 0) is 18.9 Å². The molecular formula is C19H31N7O6. The molecule has 0 amide bonds. The number of aromatic amines is 1. The molecule has 0 fully saturated rings. The van der Waals surface area contributed by atoms with Crippen LogP contribution in [0.2, 0.25) is 0 Å². The zero-order chi connectivity index (χ0) is 24.2. The molecule has 0 radical (unpaired) electrons. The average molecular weight is 454 g/mol. The number of nitrogens with one attached hydrogen (secondary N) is 2. The minimum atomic E-state index is -1.68. The summed E-state index contributed by atoms with van der Waals surface area (Å²) in [6.45, 7) is 7.44. The molecule has 178 valence electrons. The van der Waals surface area contributed by atoms with Crippen molar-refractivity contribution in [2.75, 3.05) is 25.9 Å². The molecule has 13 heteroatoms. The molecule has 0 saturated heterocycles. The van der Waals surface area contributed by atoms with Gasteiger partial charge in [-0.2, -0.15) is 10.0 Å². The maximum Gasteiger partial charge on any atom is 0.345 e. The lowest BCUT2D eigenvalue weighted by molar-refractivity contribution is -0.191. The number of carboxylic acids is 2. The molecule has 0 aliphatic rings. The van der Waals surface area contributed by atoms with E-state index in [9.17, 15) is 24.6 Å². The van der Waals surface area contributed by atoms with Crippen molar-refractivity contribution in [2.45, 2.75) is 45.8 Å². The van der Waals surface area contributed by atoms with Crippen molar-refractivity contribution in [1.82, 2.24) is 29.9 Å². The van der Waals surface area contributed by atoms with Crippen LogP contribution in [0, 0.1) is 11.8 Å². The first-order chi connectivity index (χ1) is 15.0. The van der Waals surface area contributed by atoms with E-state index in [0.29, 0.717) is 6.42 Å². The van der Waals surface area contributed by atoms with Gasteiger partial charge < -0.3 is 20.8 Å². The van der Waals surface area contributed by atoms with Crippen molar-refractivity contribution in [3.8, 4) is 0 Å². The first-order valence-electron chi connectivity index (χ1n) is 10.2. The maximum absolute atomic E-state index is 12.5. The maximum atomic E-state index is 12.5. The van der Waals surface area contributed by atoms with Crippen LogP contribution in [0.4, 0.5) is 5.95 Å². The van der Waals surface area contributed by atoms with Gasteiger partial charge in [-0.15, -0.1) is 0 Å². The quantitative estimate of drug-likeness (QED) is 0.216. The van der Waals surface area contributed by atoms with E-state index in [2.05, 4.69) is 20.3 Å². The summed E-state index contributed by atoms with van der Waals surface area (Å²) < 4.78 is 1.29. The van der Waals surface area contributed by atoms with E-state index in [-0.39, 0.29) is 36.1 Å². The van der Waals surface area contributed by atoms with E-state index in [1.165, 1.54) is 23.1 Å². The molecule has 0 saturated carbocycles. The summed E-state index contributed by atoms with van der Waals surface area (Å²) in [5.41, 5.74) is 3.42. The number of imidazole rings is 1. The fraction of sp³-hybridized carbons (Fsp3) is 0.632. The monoisotopic (exact) mass is 453 g/mol. The molecule has 6 N–H and O–H groups in total. The van der Waals surface area contributed by atoms with Crippen molar-refractivity contribution in [1.29, 1.82) is 0 Å². The Morgan fingerprint density at radius 2 is 2.00 bits per heavy atom. The van der Waals surface area contributed by atoms with Crippen molar-refractivity contribution < 1.29 is 24.6 Å². The number of rotatable bonds is 12. The molecule has 2 atom stereocenters. The van der Waals surface area contributed by atoms with Crippen LogP contribution >= 0.6 is 0 Å². The predicted octanol–water partition coefficient (Wildman–Crippen LogP) is 0.0475. The zero-order valence-corrected chi connectivity index (χ0v) is 18.8. The van der Waals surface area contributed by atoms with Crippen molar-refractivity contribution in [3.63, 3.8) is 0 Å². The minimum absolute atomic E-state index is 0.0286. The molecular weight excluding hydrogens is 422 g/mol. The van der Waals surface area contributed by atoms with Crippen LogP contribution in [0.3, 0.4) is 0 Å². The molecule has 0 aliphatic heterocycles. The van der Waals surface area contributed by atoms with Crippen LogP contribution in [0.1, 0.15) is 34.1 Å². The van der Waals surface area contributed by atoms with Crippen molar-refractivity contribution in [2.24, 2.45) is 11.8 Å². The highest BCUT2D eigenvalue weighted by Crippen LogP contribution is 2.27. The van der Waals surface area contributed by atoms with E-state index in [1.54, 1.807) is 27.7 Å². The molecule has 0 spiro atoms. The number of hydrogen-bond donors (Lipinski definition) is 5. The van der Waals surface area contributed by atoms with E-state index in [1.807, 2.05) is 0 Å². The number of anilines is 1. The number of aromatic nitrogens is 4. The molecule has 2 rings (SSSR count). The fourth-order valence-corrected chi connectivity index (χ4v) is 3.78. The number of carbonyl (C=O) groups is 2. The van der Waals surface area contributed by atoms with E-state index < -0.39 is 35.1 Å². The Morgan fingerprint density at radius 1 is 1.34 bits per heavy atom. The van der Waals surface area contributed by atoms with Gasteiger partial charge in [0.05, 0.1) is 13.4 Å². The van der Waals surface area contributed by atoms with E-state index in [4.69, 9.17) is 10.6 Å². The summed E-state index contributed by atoms with van der Waals surface area (Å²) in [6, 6.07) is -0.842. The van der Waals surface area contributed by atoms with E-state index in [0.717, 1.165) is 0 Å². The Labute approximate surface area is 184 Å². The van der Waals surface area contributed by atoms with Crippen LogP contribution in [0.5, 0.6) is 0 Å². The van der Waals surface area contributed by atoms with E-state index >= 15 is 0 Å². The molecule has 0 unspecified atom stereocenters. The van der Waals surface area contributed by atoms with Gasteiger partial charge >= 0.3 is 11.9 Å². The number of hydroxylamine groups is 2. The van der Waals surface area contributed by atoms with Crippen LogP contribution in [0.15, 0.2) is 11.1 Å². The van der Waals surface area contributed by atoms with Gasteiger partial charge in [0.2, 0.25) is 5.95 Å². The van der Waals surface area contributed by atoms with Gasteiger partial charge in [-0.25, -0.2) is 9.78 Å². The third-order valence-corrected chi connectivity index (χ3v) is 5.35. The minimum Gasteiger partial charge on any atom is -0.480 e. The summed E-state index contributed by atoms with van der Waals surface area (Å²) in [5, 5.41) is 24.1. The highest BCUT2D eigenvalue weighted by molar-refractivity contribution is 5.80. The van der Waals surface area contributed by atoms with Crippen LogP contribution in [-0.4, -0.2) is 73.0 Å². The lowest BCUT2D eigenvalue weighted by Gasteiger charge is -2.36. The SMILES string of the molecule is CON(CCCN[C@](C(=O)O)(C(C)C)n1cnc2c(=O)[nH]c(N)nc21)[C@H](C(=O)O)C(C)C. The van der Waals surface area contributed by atoms with Crippen molar-refractivity contribution in [3.05, 3.63) is 16.7 Å². The Balaban J connectivity index is 2.31. The third kappa shape index (κ3) is 4.74. The van der Waals surface area contributed by atoms with Gasteiger partial charge in [-0.1, -0.05) is 27.7 Å². The number of nitrogens with two attached hydrogens (primary N) is 1. The Morgan fingerprint density at radius 3 is 2.50 bits per heavy atom. The number of fused-ring (bicyclic) bond motifs is 1. The molecule has 2 aromatic rings. The molecule has 0 aliphatic carbocycles. The normalized spacial score (nSPS) is 14.9. The summed E-state index contributed by atoms with van der Waals surface area (Å²) in [5.74, 6) is -3.03. The number of aliphatic carboxylic acids is 2. The van der Waals surface area contributed by atoms with Crippen LogP contribution in [0.25, 0.3) is 11.2 Å². The van der Waals surface area contributed by atoms with Crippen LogP contribution < -0.4 is 16.6 Å². The topological polar surface area (TPSA) is 189 Å². The average Bonchev–Trinajstić information content (AvgIpc) is 3.10. The van der Waals surface area contributed by atoms with Gasteiger partial charge in [0.25, 0.3) is 5.56 Å². The van der Waals surface area contributed by atoms with Gasteiger partial charge in [0.15, 0.2) is 16.8 Å². The fourth-order valence-electron chi connectivity index (χ4n) is 3.78. The molecule has 0 bridgehead atoms. The molecule has 2 heterocycles. The Hall–Kier alpha value is -3.03. The predicted molar refractivity (Wildman–Crippen MR) is 116 cm³/mol. The molecule has 0 aromatic carbocycles. The zero-order valence-electron chi connectivity index (χ0n) is 18.8. The van der Waals surface area contributed by atoms with Gasteiger partial charge in [-0.3, -0.25) is 24.5 Å². The number of H-pyrrole nitrogens is 1. The number of nitrogens with zero attached hydrogens (tertiary/aromatic N) is 4. The Kier molecular flexibility index (Phi) is 7.93. The summed E-state index contributed by atoms with van der Waals surface area (Å²) >= 11 is 0. The highest BCUT2D eigenvalue weighted by Gasteiger charge is 2.45. The molecule has 32 heavy (non-hydrogen) atoms. The smallest absolute Gasteiger partial charge is 0.345 e. The van der Waals surface area contributed by atoms with Gasteiger partial charge in [0.1, 0.15) is 6.04 Å². The molecule has 2 aromatic heterocycles. The number of nitrogen functional groups attached to an aromatic ring is 1. The second kappa shape index (κ2) is 10.1. The number of hydrogen-bond acceptors (Lipinski definition) is 9. The molecule has 13 nitrogen and oxygen atoms in total. The van der Waals surface area contributed by atoms with Crippen LogP contribution in [-0.2, 0) is 20.1 Å². The highest BCUT2D eigenvalue weighted by atomic mass is 16.7. The lowest BCUT2D eigenvalue weighted by atomic mass is 9.95. The van der Waals surface area contributed by atoms with Gasteiger partial charge in [0, 0.05) is 12.5 Å². The second-order valence-corrected chi connectivity index (χ2v) is 8.09. The largest absolute Gasteiger partial charge is 0.480 e. The summed E-state index contributed by atoms with van der Waals surface area (Å²) in [7, 11) is 1.40. The van der Waals surface area contributed by atoms with Crippen molar-refractivity contribution >= 4 is 29.1 Å². The first kappa shape index (κ1) is 25.2. The second-order valence-electron chi connectivity index (χ2n) is 8.09. The Bertz CT molecular complexity index is 1020. The lowest BCUT2D eigenvalue weighted by Crippen LogP contribution is -2.58. The summed E-state index contributed by atoms with van der Waals surface area (Å²) in [6.07, 6.45) is 1.63. The first-order valence-corrected chi connectivity index (χ1v) is 10.2. The standard InChI is InChI=1S/C19H31N7O6/c1-10(2)13(16(28)29)26(32-5)8-6-7-22-19(11(3)4,17(30)31)25-9-21-12-14(25)23-18(20)24-15(12)27/h9-11,13,22H,6-8H2,1-5H3,(H,28,29)(H,30,31)(H3,20,23,24,27)/t13-,19+/m0/s1. The summed E-state index contributed by atoms with van der Waals surface area (Å²) in [4.78, 5) is 51.9.